The number of aryl methyl sites for hydroxylation is 2. The van der Waals surface area contributed by atoms with Crippen molar-refractivity contribution in [2.75, 3.05) is 4.90 Å². The zero-order valence-electron chi connectivity index (χ0n) is 36.1. The van der Waals surface area contributed by atoms with E-state index in [0.717, 1.165) is 88.6 Å². The summed E-state index contributed by atoms with van der Waals surface area (Å²) in [6, 6.07) is 68.4. The van der Waals surface area contributed by atoms with Crippen LogP contribution in [0.2, 0.25) is 0 Å². The molecule has 11 rings (SSSR count). The molecule has 0 saturated carbocycles. The molecule has 1 aliphatic rings. The second kappa shape index (κ2) is 15.9. The van der Waals surface area contributed by atoms with Crippen LogP contribution in [-0.2, 0) is 0 Å². The summed E-state index contributed by atoms with van der Waals surface area (Å²) in [5.74, 6) is -0.817. The molecule has 0 fully saturated rings. The number of hydrogen-bond donors (Lipinski definition) is 0. The van der Waals surface area contributed by atoms with Crippen molar-refractivity contribution in [2.24, 2.45) is 0 Å². The molecule has 0 N–H and O–H groups in total. The Balaban J connectivity index is 1.17. The molecule has 0 aliphatic carbocycles. The van der Waals surface area contributed by atoms with Crippen LogP contribution < -0.4 is 4.90 Å². The molecule has 9 aromatic carbocycles. The minimum atomic E-state index is -0.416. The fourth-order valence-corrected chi connectivity index (χ4v) is 9.73. The quantitative estimate of drug-likeness (QED) is 0.149. The van der Waals surface area contributed by atoms with Gasteiger partial charge in [-0.3, -0.25) is 9.59 Å². The second-order valence-electron chi connectivity index (χ2n) is 16.7. The summed E-state index contributed by atoms with van der Waals surface area (Å²) >= 11 is 0. The van der Waals surface area contributed by atoms with Crippen LogP contribution in [0, 0.1) is 36.5 Å². The van der Waals surface area contributed by atoms with Gasteiger partial charge in [0, 0.05) is 21.9 Å². The lowest BCUT2D eigenvalue weighted by atomic mass is 9.90. The molecular weight excluding hydrogens is 809 g/mol. The van der Waals surface area contributed by atoms with Crippen LogP contribution in [0.25, 0.3) is 83.1 Å². The Labute approximate surface area is 382 Å². The molecule has 0 atom stereocenters. The maximum Gasteiger partial charge on any atom is 0.268 e. The van der Waals surface area contributed by atoms with E-state index in [0.29, 0.717) is 33.6 Å². The minimum Gasteiger partial charge on any atom is -0.308 e. The number of benzene rings is 9. The van der Waals surface area contributed by atoms with Gasteiger partial charge in [0.25, 0.3) is 11.8 Å². The van der Waals surface area contributed by atoms with Crippen molar-refractivity contribution in [3.8, 4) is 73.5 Å². The van der Waals surface area contributed by atoms with Crippen molar-refractivity contribution in [2.45, 2.75) is 13.8 Å². The van der Waals surface area contributed by atoms with Crippen molar-refractivity contribution in [1.29, 1.82) is 10.5 Å². The maximum atomic E-state index is 15.7. The van der Waals surface area contributed by atoms with Gasteiger partial charge in [-0.1, -0.05) is 133 Å². The monoisotopic (exact) mass is 846 g/mol. The second-order valence-corrected chi connectivity index (χ2v) is 16.7. The highest BCUT2D eigenvalue weighted by Gasteiger charge is 2.42. The third-order valence-electron chi connectivity index (χ3n) is 12.8. The van der Waals surface area contributed by atoms with Gasteiger partial charge in [0.1, 0.15) is 0 Å². The van der Waals surface area contributed by atoms with E-state index < -0.39 is 11.8 Å². The predicted octanol–water partition coefficient (Wildman–Crippen LogP) is 14.3. The Morgan fingerprint density at radius 3 is 1.35 bits per heavy atom. The molecule has 0 saturated heterocycles. The van der Waals surface area contributed by atoms with Crippen LogP contribution in [0.4, 0.5) is 5.69 Å². The average molecular weight is 847 g/mol. The first-order valence-electron chi connectivity index (χ1n) is 21.8. The number of carbonyl (C=O) groups is 2. The fraction of sp³-hybridized carbons (Fsp3) is 0.0333. The molecule has 2 heterocycles. The highest BCUT2D eigenvalue weighted by molar-refractivity contribution is 6.37. The van der Waals surface area contributed by atoms with E-state index in [9.17, 15) is 10.5 Å². The van der Waals surface area contributed by atoms with Gasteiger partial charge < -0.3 is 4.57 Å². The first-order chi connectivity index (χ1) is 32.3. The van der Waals surface area contributed by atoms with Crippen molar-refractivity contribution in [1.82, 2.24) is 4.57 Å². The molecule has 0 spiro atoms. The molecule has 0 unspecified atom stereocenters. The van der Waals surface area contributed by atoms with E-state index in [1.165, 1.54) is 4.90 Å². The lowest BCUT2D eigenvalue weighted by Crippen LogP contribution is -2.30. The largest absolute Gasteiger partial charge is 0.308 e. The van der Waals surface area contributed by atoms with E-state index in [1.807, 2.05) is 141 Å². The van der Waals surface area contributed by atoms with Crippen LogP contribution in [0.15, 0.2) is 194 Å². The van der Waals surface area contributed by atoms with Gasteiger partial charge in [0.05, 0.1) is 56.8 Å². The van der Waals surface area contributed by atoms with Gasteiger partial charge in [-0.05, 0) is 130 Å². The summed E-state index contributed by atoms with van der Waals surface area (Å²) in [5.41, 5.74) is 15.7. The van der Waals surface area contributed by atoms with Crippen LogP contribution in [0.1, 0.15) is 43.0 Å². The SMILES string of the molecule is Cc1cc(C#N)ccc1-c1ccc2c3ccc(-c4ccc(C#N)cc4C)cc3n(-c3cccc4c3C(=O)N(c3c(-c5ccccc5)cc(-c5ccccc5)cc3-c3ccccc3)C4=O)c2c1. The van der Waals surface area contributed by atoms with Crippen LogP contribution in [0.5, 0.6) is 0 Å². The van der Waals surface area contributed by atoms with Gasteiger partial charge in [0.15, 0.2) is 0 Å². The molecular formula is C60H38N4O2. The molecule has 6 heteroatoms. The average Bonchev–Trinajstić information content (AvgIpc) is 3.82. The Morgan fingerprint density at radius 1 is 0.394 bits per heavy atom. The molecule has 1 aliphatic heterocycles. The molecule has 66 heavy (non-hydrogen) atoms. The topological polar surface area (TPSA) is 89.9 Å². The standard InChI is InChI=1S/C60H38N4O2/c1-37-29-39(35-61)21-25-47(37)44-23-27-49-50-28-24-45(48-26-22-40(36-62)30-38(48)2)34-56(50)63(55(49)33-44)54-20-12-19-51-57(54)60(66)64(59(51)65)58-52(42-15-8-4-9-16-42)31-46(41-13-6-3-7-14-41)32-53(58)43-17-10-5-11-18-43/h3-34H,1-2H3. The summed E-state index contributed by atoms with van der Waals surface area (Å²) in [6.07, 6.45) is 0. The summed E-state index contributed by atoms with van der Waals surface area (Å²) in [5, 5.41) is 21.2. The summed E-state index contributed by atoms with van der Waals surface area (Å²) < 4.78 is 2.12. The molecule has 1 aromatic heterocycles. The van der Waals surface area contributed by atoms with Gasteiger partial charge in [-0.25, -0.2) is 4.90 Å². The number of nitriles is 2. The van der Waals surface area contributed by atoms with Gasteiger partial charge in [-0.2, -0.15) is 10.5 Å². The van der Waals surface area contributed by atoms with Gasteiger partial charge in [0.2, 0.25) is 0 Å². The fourth-order valence-electron chi connectivity index (χ4n) is 9.73. The molecule has 0 bridgehead atoms. The van der Waals surface area contributed by atoms with Gasteiger partial charge in [-0.15, -0.1) is 0 Å². The van der Waals surface area contributed by atoms with E-state index in [-0.39, 0.29) is 0 Å². The molecule has 10 aromatic rings. The number of amides is 2. The lowest BCUT2D eigenvalue weighted by Gasteiger charge is -2.24. The first kappa shape index (κ1) is 39.7. The first-order valence-corrected chi connectivity index (χ1v) is 21.8. The zero-order valence-corrected chi connectivity index (χ0v) is 36.1. The third-order valence-corrected chi connectivity index (χ3v) is 12.8. The number of hydrogen-bond acceptors (Lipinski definition) is 4. The van der Waals surface area contributed by atoms with E-state index in [1.54, 1.807) is 6.07 Å². The Kier molecular flexibility index (Phi) is 9.58. The van der Waals surface area contributed by atoms with E-state index >= 15 is 9.59 Å². The molecule has 310 valence electrons. The minimum absolute atomic E-state index is 0.311. The summed E-state index contributed by atoms with van der Waals surface area (Å²) in [7, 11) is 0. The number of rotatable bonds is 7. The highest BCUT2D eigenvalue weighted by atomic mass is 16.2. The van der Waals surface area contributed by atoms with Crippen molar-refractivity contribution >= 4 is 39.3 Å². The number of anilines is 1. The predicted molar refractivity (Wildman–Crippen MR) is 264 cm³/mol. The number of fused-ring (bicyclic) bond motifs is 4. The van der Waals surface area contributed by atoms with Crippen molar-refractivity contribution in [3.05, 3.63) is 228 Å². The third kappa shape index (κ3) is 6.48. The van der Waals surface area contributed by atoms with E-state index in [4.69, 9.17) is 0 Å². The van der Waals surface area contributed by atoms with Crippen LogP contribution in [0.3, 0.4) is 0 Å². The van der Waals surface area contributed by atoms with E-state index in [2.05, 4.69) is 77.4 Å². The molecule has 2 amide bonds. The Bertz CT molecular complexity index is 3540. The normalized spacial score (nSPS) is 12.1. The van der Waals surface area contributed by atoms with Crippen LogP contribution >= 0.6 is 0 Å². The number of nitrogens with zero attached hydrogens (tertiary/aromatic N) is 4. The molecule has 6 nitrogen and oxygen atoms in total. The summed E-state index contributed by atoms with van der Waals surface area (Å²) in [4.78, 5) is 32.4. The van der Waals surface area contributed by atoms with Crippen molar-refractivity contribution < 1.29 is 9.59 Å². The van der Waals surface area contributed by atoms with Gasteiger partial charge >= 0.3 is 0 Å². The molecule has 0 radical (unpaired) electrons. The number of imide groups is 1. The van der Waals surface area contributed by atoms with Crippen molar-refractivity contribution in [3.63, 3.8) is 0 Å². The zero-order chi connectivity index (χ0) is 45.1. The Morgan fingerprint density at radius 2 is 0.879 bits per heavy atom. The Hall–Kier alpha value is -9.10. The lowest BCUT2D eigenvalue weighted by molar-refractivity contribution is 0.0926. The maximum absolute atomic E-state index is 15.7. The highest BCUT2D eigenvalue weighted by Crippen LogP contribution is 2.47. The number of aromatic nitrogens is 1. The summed E-state index contributed by atoms with van der Waals surface area (Å²) in [6.45, 7) is 4.01. The van der Waals surface area contributed by atoms with Crippen LogP contribution in [-0.4, -0.2) is 16.4 Å². The number of carbonyl (C=O) groups excluding carboxylic acids is 2. The smallest absolute Gasteiger partial charge is 0.268 e.